The highest BCUT2D eigenvalue weighted by Gasteiger charge is 2.22. The Balaban J connectivity index is 1.84. The molecule has 0 aliphatic carbocycles. The maximum Gasteiger partial charge on any atom is 0.326 e. The Bertz CT molecular complexity index is 934. The van der Waals surface area contributed by atoms with Crippen molar-refractivity contribution in [2.45, 2.75) is 12.5 Å². The first-order valence-corrected chi connectivity index (χ1v) is 7.80. The van der Waals surface area contributed by atoms with Crippen LogP contribution in [0.2, 0.25) is 0 Å². The van der Waals surface area contributed by atoms with Crippen LogP contribution in [0.15, 0.2) is 66.7 Å². The summed E-state index contributed by atoms with van der Waals surface area (Å²) in [4.78, 5) is 23.8. The van der Waals surface area contributed by atoms with Gasteiger partial charge in [0.15, 0.2) is 0 Å². The minimum absolute atomic E-state index is 0.0872. The Hall–Kier alpha value is -3.21. The topological polar surface area (TPSA) is 66.4 Å². The molecule has 1 atom stereocenters. The molecule has 0 radical (unpaired) electrons. The fourth-order valence-electron chi connectivity index (χ4n) is 2.76. The number of carbonyl (C=O) groups excluding carboxylic acids is 1. The van der Waals surface area contributed by atoms with Crippen molar-refractivity contribution < 1.29 is 19.1 Å². The lowest BCUT2D eigenvalue weighted by molar-refractivity contribution is -0.139. The van der Waals surface area contributed by atoms with Crippen LogP contribution < -0.4 is 5.32 Å². The van der Waals surface area contributed by atoms with Crippen molar-refractivity contribution in [2.75, 3.05) is 0 Å². The summed E-state index contributed by atoms with van der Waals surface area (Å²) in [6.07, 6.45) is 0.137. The lowest BCUT2D eigenvalue weighted by Crippen LogP contribution is -2.42. The van der Waals surface area contributed by atoms with E-state index in [1.54, 1.807) is 0 Å². The number of carboxylic acids is 1. The van der Waals surface area contributed by atoms with E-state index in [4.69, 9.17) is 0 Å². The molecule has 5 heteroatoms. The second kappa shape index (κ2) is 7.13. The Kier molecular flexibility index (Phi) is 4.75. The highest BCUT2D eigenvalue weighted by Crippen LogP contribution is 2.20. The molecule has 0 spiro atoms. The number of carbonyl (C=O) groups is 2. The summed E-state index contributed by atoms with van der Waals surface area (Å²) in [5, 5.41) is 13.9. The summed E-state index contributed by atoms with van der Waals surface area (Å²) in [6.45, 7) is 0. The van der Waals surface area contributed by atoms with E-state index in [1.807, 2.05) is 42.5 Å². The molecule has 3 aromatic carbocycles. The summed E-state index contributed by atoms with van der Waals surface area (Å²) in [7, 11) is 0. The maximum atomic E-state index is 13.2. The molecule has 4 nitrogen and oxygen atoms in total. The quantitative estimate of drug-likeness (QED) is 0.750. The van der Waals surface area contributed by atoms with Crippen LogP contribution in [0.4, 0.5) is 4.39 Å². The van der Waals surface area contributed by atoms with Crippen molar-refractivity contribution in [3.8, 4) is 0 Å². The van der Waals surface area contributed by atoms with Crippen LogP contribution in [-0.2, 0) is 11.2 Å². The number of nitrogens with one attached hydrogen (secondary N) is 1. The second-order valence-electron chi connectivity index (χ2n) is 5.72. The van der Waals surface area contributed by atoms with Crippen LogP contribution in [-0.4, -0.2) is 23.0 Å². The number of hydrogen-bond donors (Lipinski definition) is 2. The number of halogens is 1. The molecule has 0 saturated heterocycles. The van der Waals surface area contributed by atoms with Gasteiger partial charge in [-0.2, -0.15) is 0 Å². The molecule has 2 N–H and O–H groups in total. The van der Waals surface area contributed by atoms with Crippen molar-refractivity contribution in [1.82, 2.24) is 5.32 Å². The third-order valence-electron chi connectivity index (χ3n) is 3.99. The largest absolute Gasteiger partial charge is 0.480 e. The molecule has 0 aliphatic rings. The normalized spacial score (nSPS) is 11.9. The van der Waals surface area contributed by atoms with Crippen LogP contribution >= 0.6 is 0 Å². The zero-order chi connectivity index (χ0) is 17.8. The number of fused-ring (bicyclic) bond motifs is 1. The summed E-state index contributed by atoms with van der Waals surface area (Å²) >= 11 is 0. The van der Waals surface area contributed by atoms with Crippen molar-refractivity contribution >= 4 is 22.6 Å². The summed E-state index contributed by atoms with van der Waals surface area (Å²) in [5.41, 5.74) is 0.911. The number of carboxylic acid groups (broad SMARTS) is 1. The van der Waals surface area contributed by atoms with E-state index in [9.17, 15) is 19.1 Å². The average molecular weight is 337 g/mol. The van der Waals surface area contributed by atoms with Crippen molar-refractivity contribution in [3.05, 3.63) is 83.7 Å². The molecule has 1 amide bonds. The van der Waals surface area contributed by atoms with Crippen molar-refractivity contribution in [2.24, 2.45) is 0 Å². The van der Waals surface area contributed by atoms with Crippen LogP contribution in [0.3, 0.4) is 0 Å². The molecular formula is C20H16FNO3. The van der Waals surface area contributed by atoms with Gasteiger partial charge in [-0.15, -0.1) is 0 Å². The molecule has 0 aromatic heterocycles. The Morgan fingerprint density at radius 1 is 1.00 bits per heavy atom. The van der Waals surface area contributed by atoms with Crippen LogP contribution in [0.5, 0.6) is 0 Å². The molecule has 126 valence electrons. The standard InChI is InChI=1S/C20H16FNO3/c21-16-9-4-8-15(11-16)19(23)22-18(20(24)25)12-14-7-3-6-13-5-1-2-10-17(13)14/h1-11,18H,12H2,(H,22,23)(H,24,25)/t18-/m1/s1. The molecule has 0 bridgehead atoms. The van der Waals surface area contributed by atoms with Gasteiger partial charge in [-0.3, -0.25) is 4.79 Å². The Labute approximate surface area is 143 Å². The first kappa shape index (κ1) is 16.6. The van der Waals surface area contributed by atoms with Gasteiger partial charge < -0.3 is 10.4 Å². The second-order valence-corrected chi connectivity index (χ2v) is 5.72. The predicted molar refractivity (Wildman–Crippen MR) is 92.9 cm³/mol. The molecule has 0 aliphatic heterocycles. The van der Waals surface area contributed by atoms with Gasteiger partial charge in [0.25, 0.3) is 5.91 Å². The van der Waals surface area contributed by atoms with E-state index >= 15 is 0 Å². The molecule has 0 fully saturated rings. The SMILES string of the molecule is O=C(N[C@H](Cc1cccc2ccccc12)C(=O)O)c1cccc(F)c1. The van der Waals surface area contributed by atoms with Gasteiger partial charge in [0.05, 0.1) is 0 Å². The predicted octanol–water partition coefficient (Wildman–Crippen LogP) is 3.40. The van der Waals surface area contributed by atoms with Gasteiger partial charge in [0.1, 0.15) is 11.9 Å². The zero-order valence-electron chi connectivity index (χ0n) is 13.3. The lowest BCUT2D eigenvalue weighted by atomic mass is 9.98. The number of aliphatic carboxylic acids is 1. The number of amides is 1. The van der Waals surface area contributed by atoms with E-state index < -0.39 is 23.7 Å². The first-order valence-electron chi connectivity index (χ1n) is 7.80. The molecule has 25 heavy (non-hydrogen) atoms. The number of benzene rings is 3. The van der Waals surface area contributed by atoms with Crippen LogP contribution in [0.1, 0.15) is 15.9 Å². The highest BCUT2D eigenvalue weighted by atomic mass is 19.1. The van der Waals surface area contributed by atoms with Crippen molar-refractivity contribution in [3.63, 3.8) is 0 Å². The van der Waals surface area contributed by atoms with E-state index in [0.717, 1.165) is 22.4 Å². The third kappa shape index (κ3) is 3.83. The molecule has 3 aromatic rings. The number of hydrogen-bond acceptors (Lipinski definition) is 2. The van der Waals surface area contributed by atoms with Gasteiger partial charge in [-0.1, -0.05) is 48.5 Å². The molecule has 0 unspecified atom stereocenters. The zero-order valence-corrected chi connectivity index (χ0v) is 13.3. The Morgan fingerprint density at radius 2 is 1.72 bits per heavy atom. The Morgan fingerprint density at radius 3 is 2.48 bits per heavy atom. The summed E-state index contributed by atoms with van der Waals surface area (Å²) < 4.78 is 13.2. The fraction of sp³-hybridized carbons (Fsp3) is 0.100. The minimum Gasteiger partial charge on any atom is -0.480 e. The maximum absolute atomic E-state index is 13.2. The number of rotatable bonds is 5. The van der Waals surface area contributed by atoms with Crippen LogP contribution in [0, 0.1) is 5.82 Å². The molecular weight excluding hydrogens is 321 g/mol. The fourth-order valence-corrected chi connectivity index (χ4v) is 2.76. The van der Waals surface area contributed by atoms with Crippen molar-refractivity contribution in [1.29, 1.82) is 0 Å². The van der Waals surface area contributed by atoms with Crippen LogP contribution in [0.25, 0.3) is 10.8 Å². The van der Waals surface area contributed by atoms with E-state index in [-0.39, 0.29) is 12.0 Å². The average Bonchev–Trinajstić information content (AvgIpc) is 2.61. The third-order valence-corrected chi connectivity index (χ3v) is 3.99. The summed E-state index contributed by atoms with van der Waals surface area (Å²) in [6, 6.07) is 17.3. The van der Waals surface area contributed by atoms with Gasteiger partial charge >= 0.3 is 5.97 Å². The van der Waals surface area contributed by atoms with Gasteiger partial charge in [-0.05, 0) is 34.5 Å². The van der Waals surface area contributed by atoms with Gasteiger partial charge in [0, 0.05) is 12.0 Å². The lowest BCUT2D eigenvalue weighted by Gasteiger charge is -2.16. The molecule has 0 saturated carbocycles. The minimum atomic E-state index is -1.14. The molecule has 3 rings (SSSR count). The smallest absolute Gasteiger partial charge is 0.326 e. The highest BCUT2D eigenvalue weighted by molar-refractivity contribution is 5.97. The van der Waals surface area contributed by atoms with E-state index in [0.29, 0.717) is 0 Å². The van der Waals surface area contributed by atoms with E-state index in [2.05, 4.69) is 5.32 Å². The van der Waals surface area contributed by atoms with Gasteiger partial charge in [-0.25, -0.2) is 9.18 Å². The molecule has 0 heterocycles. The monoisotopic (exact) mass is 337 g/mol. The van der Waals surface area contributed by atoms with Gasteiger partial charge in [0.2, 0.25) is 0 Å². The first-order chi connectivity index (χ1) is 12.0. The van der Waals surface area contributed by atoms with E-state index in [1.165, 1.54) is 18.2 Å². The summed E-state index contributed by atoms with van der Waals surface area (Å²) in [5.74, 6) is -2.31.